The second kappa shape index (κ2) is 17.8. The maximum absolute atomic E-state index is 9.00. The summed E-state index contributed by atoms with van der Waals surface area (Å²) in [6.07, 6.45) is 16.2. The third-order valence-corrected chi connectivity index (χ3v) is 4.85. The lowest BCUT2D eigenvalue weighted by Gasteiger charge is -2.22. The van der Waals surface area contributed by atoms with Crippen LogP contribution in [0.3, 0.4) is 0 Å². The highest BCUT2D eigenvalue weighted by Crippen LogP contribution is 2.11. The van der Waals surface area contributed by atoms with Crippen molar-refractivity contribution in [1.82, 2.24) is 0 Å². The van der Waals surface area contributed by atoms with Crippen LogP contribution in [0, 0.1) is 0 Å². The topological polar surface area (TPSA) is 41.7 Å². The largest absolute Gasteiger partial charge is 0.481 e. The fraction of sp³-hybridized carbons (Fsp3) is 0.625. The molecule has 0 spiro atoms. The van der Waals surface area contributed by atoms with Gasteiger partial charge in [-0.2, -0.15) is 0 Å². The van der Waals surface area contributed by atoms with Gasteiger partial charge in [0, 0.05) is 12.5 Å². The molecule has 0 saturated carbocycles. The molecule has 3 heteroatoms. The molecule has 1 aromatic rings. The Balaban J connectivity index is 0.00000153. The zero-order chi connectivity index (χ0) is 20.3. The number of hydrogen-bond acceptors (Lipinski definition) is 1. The molecular weight excluding hydrogens is 334 g/mol. The fourth-order valence-electron chi connectivity index (χ4n) is 3.33. The lowest BCUT2D eigenvalue weighted by atomic mass is 10.0. The summed E-state index contributed by atoms with van der Waals surface area (Å²) in [6, 6.07) is 11.2. The molecule has 0 radical (unpaired) electrons. The summed E-state index contributed by atoms with van der Waals surface area (Å²) in [5.41, 5.74) is 1.38. The van der Waals surface area contributed by atoms with Gasteiger partial charge >= 0.3 is 0 Å². The van der Waals surface area contributed by atoms with E-state index in [0.29, 0.717) is 6.04 Å². The van der Waals surface area contributed by atoms with Crippen LogP contribution in [0.2, 0.25) is 0 Å². The molecule has 0 bridgehead atoms. The number of carboxylic acids is 1. The van der Waals surface area contributed by atoms with E-state index in [1.165, 1.54) is 76.3 Å². The minimum absolute atomic E-state index is 0.426. The van der Waals surface area contributed by atoms with Crippen molar-refractivity contribution in [1.29, 1.82) is 0 Å². The molecule has 0 aromatic heterocycles. The Labute approximate surface area is 167 Å². The summed E-state index contributed by atoms with van der Waals surface area (Å²) in [6.45, 7) is 8.64. The highest BCUT2D eigenvalue weighted by molar-refractivity contribution is 5.62. The molecule has 0 saturated heterocycles. The third kappa shape index (κ3) is 15.2. The summed E-state index contributed by atoms with van der Waals surface area (Å²) in [7, 11) is 2.30. The predicted octanol–water partition coefficient (Wildman–Crippen LogP) is 5.44. The van der Waals surface area contributed by atoms with E-state index in [1.807, 2.05) is 0 Å². The molecule has 2 atom stereocenters. The summed E-state index contributed by atoms with van der Waals surface area (Å²) in [4.78, 5) is 10.6. The monoisotopic (exact) mass is 376 g/mol. The molecule has 0 aliphatic rings. The van der Waals surface area contributed by atoms with Gasteiger partial charge in [0.25, 0.3) is 5.97 Å². The number of carbonyl (C=O) groups is 1. The first-order chi connectivity index (χ1) is 13.0. The molecule has 0 amide bonds. The molecular formula is C24H42NO2+. The molecule has 1 rings (SSSR count). The SMILES string of the molecule is C=CC(c1ccccc1)[NH+](C)CCCCCCCCCCCC.CC(=O)O. The van der Waals surface area contributed by atoms with Crippen LogP contribution in [0.15, 0.2) is 43.0 Å². The lowest BCUT2D eigenvalue weighted by Crippen LogP contribution is -3.09. The number of carboxylic acid groups (broad SMARTS) is 1. The van der Waals surface area contributed by atoms with Crippen molar-refractivity contribution in [3.8, 4) is 0 Å². The smallest absolute Gasteiger partial charge is 0.300 e. The molecule has 1 aromatic carbocycles. The van der Waals surface area contributed by atoms with Crippen LogP contribution in [0.5, 0.6) is 0 Å². The van der Waals surface area contributed by atoms with E-state index in [-0.39, 0.29) is 0 Å². The van der Waals surface area contributed by atoms with Gasteiger partial charge in [-0.3, -0.25) is 4.79 Å². The van der Waals surface area contributed by atoms with Crippen molar-refractivity contribution >= 4 is 5.97 Å². The first-order valence-corrected chi connectivity index (χ1v) is 10.7. The number of likely N-dealkylation sites (N-methyl/N-ethyl adjacent to an activating group) is 1. The number of benzene rings is 1. The Morgan fingerprint density at radius 2 is 1.44 bits per heavy atom. The van der Waals surface area contributed by atoms with Crippen molar-refractivity contribution in [3.63, 3.8) is 0 Å². The second-order valence-electron chi connectivity index (χ2n) is 7.42. The summed E-state index contributed by atoms with van der Waals surface area (Å²) >= 11 is 0. The Hall–Kier alpha value is -1.61. The van der Waals surface area contributed by atoms with Gasteiger partial charge in [-0.15, -0.1) is 0 Å². The van der Waals surface area contributed by atoms with Crippen LogP contribution in [0.25, 0.3) is 0 Å². The summed E-state index contributed by atoms with van der Waals surface area (Å²) in [5, 5.41) is 7.42. The highest BCUT2D eigenvalue weighted by atomic mass is 16.4. The quantitative estimate of drug-likeness (QED) is 0.335. The number of unbranched alkanes of at least 4 members (excludes halogenated alkanes) is 9. The molecule has 2 N–H and O–H groups in total. The second-order valence-corrected chi connectivity index (χ2v) is 7.42. The summed E-state index contributed by atoms with van der Waals surface area (Å²) < 4.78 is 0. The van der Waals surface area contributed by atoms with Gasteiger partial charge < -0.3 is 10.0 Å². The van der Waals surface area contributed by atoms with Crippen molar-refractivity contribution in [2.45, 2.75) is 84.1 Å². The Kier molecular flexibility index (Phi) is 16.7. The van der Waals surface area contributed by atoms with E-state index >= 15 is 0 Å². The van der Waals surface area contributed by atoms with Gasteiger partial charge in [-0.25, -0.2) is 0 Å². The predicted molar refractivity (Wildman–Crippen MR) is 116 cm³/mol. The minimum atomic E-state index is -0.833. The van der Waals surface area contributed by atoms with Crippen molar-refractivity contribution in [3.05, 3.63) is 48.6 Å². The lowest BCUT2D eigenvalue weighted by molar-refractivity contribution is -0.905. The zero-order valence-electron chi connectivity index (χ0n) is 17.9. The van der Waals surface area contributed by atoms with E-state index in [9.17, 15) is 0 Å². The maximum atomic E-state index is 9.00. The van der Waals surface area contributed by atoms with Gasteiger partial charge in [0.2, 0.25) is 0 Å². The van der Waals surface area contributed by atoms with Crippen LogP contribution in [0.1, 0.15) is 89.7 Å². The average molecular weight is 377 g/mol. The molecule has 154 valence electrons. The van der Waals surface area contributed by atoms with E-state index < -0.39 is 5.97 Å². The average Bonchev–Trinajstić information content (AvgIpc) is 2.64. The molecule has 3 nitrogen and oxygen atoms in total. The molecule has 0 aliphatic heterocycles. The normalized spacial score (nSPS) is 12.6. The number of aliphatic carboxylic acids is 1. The molecule has 2 unspecified atom stereocenters. The van der Waals surface area contributed by atoms with Crippen LogP contribution < -0.4 is 4.90 Å². The maximum Gasteiger partial charge on any atom is 0.300 e. The van der Waals surface area contributed by atoms with Gasteiger partial charge in [0.05, 0.1) is 13.6 Å². The molecule has 0 fully saturated rings. The van der Waals surface area contributed by atoms with E-state index in [2.05, 4.69) is 57.0 Å². The standard InChI is InChI=1S/C22H37N.C2H4O2/c1-4-6-7-8-9-10-11-12-13-17-20-23(3)22(5-2)21-18-15-14-16-19-21;1-2(3)4/h5,14-16,18-19,22H,2,4,6-13,17,20H2,1,3H3;1H3,(H,3,4)/p+1. The van der Waals surface area contributed by atoms with Gasteiger partial charge in [0.1, 0.15) is 6.04 Å². The van der Waals surface area contributed by atoms with Crippen LogP contribution in [0.4, 0.5) is 0 Å². The van der Waals surface area contributed by atoms with Crippen LogP contribution in [-0.4, -0.2) is 24.7 Å². The van der Waals surface area contributed by atoms with Crippen molar-refractivity contribution in [2.75, 3.05) is 13.6 Å². The Bertz CT molecular complexity index is 469. The fourth-order valence-corrected chi connectivity index (χ4v) is 3.33. The zero-order valence-corrected chi connectivity index (χ0v) is 17.9. The molecule has 0 heterocycles. The first kappa shape index (κ1) is 25.4. The Morgan fingerprint density at radius 1 is 1.00 bits per heavy atom. The minimum Gasteiger partial charge on any atom is -0.481 e. The number of nitrogens with one attached hydrogen (secondary N) is 1. The third-order valence-electron chi connectivity index (χ3n) is 4.85. The molecule has 0 aliphatic carbocycles. The number of rotatable bonds is 14. The van der Waals surface area contributed by atoms with E-state index in [0.717, 1.165) is 6.92 Å². The number of quaternary nitrogens is 1. The highest BCUT2D eigenvalue weighted by Gasteiger charge is 2.15. The number of hydrogen-bond donors (Lipinski definition) is 2. The first-order valence-electron chi connectivity index (χ1n) is 10.7. The van der Waals surface area contributed by atoms with Gasteiger partial charge in [-0.05, 0) is 18.9 Å². The summed E-state index contributed by atoms with van der Waals surface area (Å²) in [5.74, 6) is -0.833. The van der Waals surface area contributed by atoms with Crippen molar-refractivity contribution < 1.29 is 14.8 Å². The van der Waals surface area contributed by atoms with Crippen molar-refractivity contribution in [2.24, 2.45) is 0 Å². The van der Waals surface area contributed by atoms with E-state index in [4.69, 9.17) is 9.90 Å². The van der Waals surface area contributed by atoms with Crippen LogP contribution >= 0.6 is 0 Å². The van der Waals surface area contributed by atoms with E-state index in [1.54, 1.807) is 4.90 Å². The van der Waals surface area contributed by atoms with Crippen LogP contribution in [-0.2, 0) is 4.79 Å². The van der Waals surface area contributed by atoms with Gasteiger partial charge in [-0.1, -0.05) is 95.2 Å². The Morgan fingerprint density at radius 3 is 1.89 bits per heavy atom. The molecule has 27 heavy (non-hydrogen) atoms. The van der Waals surface area contributed by atoms with Gasteiger partial charge in [0.15, 0.2) is 0 Å².